The number of carbonyl (C=O) groups excluding carboxylic acids is 2. The largest absolute Gasteiger partial charge is 0.376 e. The Morgan fingerprint density at radius 3 is 2.46 bits per heavy atom. The highest BCUT2D eigenvalue weighted by Crippen LogP contribution is 2.31. The number of fused-ring (bicyclic) bond motifs is 1. The van der Waals surface area contributed by atoms with Gasteiger partial charge < -0.3 is 19.7 Å². The lowest BCUT2D eigenvalue weighted by atomic mass is 9.89. The lowest BCUT2D eigenvalue weighted by Crippen LogP contribution is -2.57. The molecule has 2 heterocycles. The highest BCUT2D eigenvalue weighted by Gasteiger charge is 2.43. The molecule has 1 aromatic carbocycles. The van der Waals surface area contributed by atoms with Crippen molar-refractivity contribution in [3.05, 3.63) is 35.4 Å². The highest BCUT2D eigenvalue weighted by molar-refractivity contribution is 5.86. The summed E-state index contributed by atoms with van der Waals surface area (Å²) in [6.07, 6.45) is 4.87. The lowest BCUT2D eigenvalue weighted by molar-refractivity contribution is -0.155. The van der Waals surface area contributed by atoms with E-state index in [-0.39, 0.29) is 23.8 Å². The molecule has 4 rings (SSSR count). The van der Waals surface area contributed by atoms with Crippen LogP contribution in [-0.2, 0) is 31.9 Å². The molecule has 1 N–H and O–H groups in total. The molecule has 28 heavy (non-hydrogen) atoms. The van der Waals surface area contributed by atoms with E-state index in [9.17, 15) is 9.59 Å². The number of carbonyl (C=O) groups is 2. The molecule has 1 atom stereocenters. The fourth-order valence-electron chi connectivity index (χ4n) is 4.78. The topological polar surface area (TPSA) is 67.9 Å². The molecule has 2 aliphatic heterocycles. The van der Waals surface area contributed by atoms with Crippen LogP contribution in [0.4, 0.5) is 0 Å². The number of rotatable bonds is 5. The Hall–Kier alpha value is -1.92. The molecule has 0 saturated carbocycles. The number of nitrogens with zero attached hydrogens (tertiary/aromatic N) is 1. The van der Waals surface area contributed by atoms with Gasteiger partial charge in [-0.15, -0.1) is 0 Å². The molecule has 6 nitrogen and oxygen atoms in total. The molecule has 152 valence electrons. The van der Waals surface area contributed by atoms with Crippen LogP contribution in [0.25, 0.3) is 0 Å². The maximum absolute atomic E-state index is 13.0. The third-order valence-electron chi connectivity index (χ3n) is 6.60. The second kappa shape index (κ2) is 8.21. The molecule has 1 aliphatic carbocycles. The Morgan fingerprint density at radius 1 is 1.21 bits per heavy atom. The summed E-state index contributed by atoms with van der Waals surface area (Å²) in [7, 11) is 1.59. The molecular formula is C22H30N2O4. The van der Waals surface area contributed by atoms with Crippen molar-refractivity contribution in [2.45, 2.75) is 50.2 Å². The van der Waals surface area contributed by atoms with E-state index in [1.807, 2.05) is 17.0 Å². The quantitative estimate of drug-likeness (QED) is 0.837. The fourth-order valence-corrected chi connectivity index (χ4v) is 4.78. The van der Waals surface area contributed by atoms with E-state index in [1.165, 1.54) is 11.1 Å². The minimum Gasteiger partial charge on any atom is -0.376 e. The summed E-state index contributed by atoms with van der Waals surface area (Å²) in [5.74, 6) is 0.160. The summed E-state index contributed by atoms with van der Waals surface area (Å²) >= 11 is 0. The first-order valence-electron chi connectivity index (χ1n) is 10.4. The minimum absolute atomic E-state index is 0.0285. The van der Waals surface area contributed by atoms with Crippen molar-refractivity contribution in [1.82, 2.24) is 10.2 Å². The first kappa shape index (κ1) is 19.4. The Morgan fingerprint density at radius 2 is 1.89 bits per heavy atom. The van der Waals surface area contributed by atoms with Crippen molar-refractivity contribution < 1.29 is 19.1 Å². The summed E-state index contributed by atoms with van der Waals surface area (Å²) in [6.45, 7) is 2.44. The Labute approximate surface area is 166 Å². The third kappa shape index (κ3) is 3.80. The van der Waals surface area contributed by atoms with Crippen molar-refractivity contribution in [3.63, 3.8) is 0 Å². The van der Waals surface area contributed by atoms with Crippen molar-refractivity contribution in [2.75, 3.05) is 33.4 Å². The minimum atomic E-state index is -0.839. The molecule has 2 saturated heterocycles. The number of nitrogens with one attached hydrogen (secondary N) is 1. The van der Waals surface area contributed by atoms with Gasteiger partial charge >= 0.3 is 0 Å². The first-order valence-corrected chi connectivity index (χ1v) is 10.4. The van der Waals surface area contributed by atoms with Crippen LogP contribution < -0.4 is 5.32 Å². The second-order valence-electron chi connectivity index (χ2n) is 8.24. The summed E-state index contributed by atoms with van der Waals surface area (Å²) in [6, 6.07) is 8.31. The van der Waals surface area contributed by atoms with Crippen molar-refractivity contribution in [2.24, 2.45) is 5.92 Å². The fraction of sp³-hybridized carbons (Fsp3) is 0.636. The first-order chi connectivity index (χ1) is 13.6. The third-order valence-corrected chi connectivity index (χ3v) is 6.60. The van der Waals surface area contributed by atoms with Crippen LogP contribution in [0.3, 0.4) is 0 Å². The molecule has 0 aromatic heterocycles. The number of methoxy groups -OCH3 is 1. The number of benzene rings is 1. The van der Waals surface area contributed by atoms with Crippen molar-refractivity contribution in [1.29, 1.82) is 0 Å². The van der Waals surface area contributed by atoms with Crippen LogP contribution in [0, 0.1) is 5.92 Å². The smallest absolute Gasteiger partial charge is 0.252 e. The number of likely N-dealkylation sites (tertiary alicyclic amines) is 1. The lowest BCUT2D eigenvalue weighted by Gasteiger charge is -2.40. The molecule has 1 aromatic rings. The van der Waals surface area contributed by atoms with Gasteiger partial charge in [0.15, 0.2) is 0 Å². The van der Waals surface area contributed by atoms with E-state index >= 15 is 0 Å². The SMILES string of the molecule is COC1(C(=O)NCC2CCCO2)CCN(C(=O)C2Cc3ccccc3C2)CC1. The molecule has 0 spiro atoms. The van der Waals surface area contributed by atoms with Gasteiger partial charge in [0.1, 0.15) is 5.60 Å². The predicted molar refractivity (Wildman–Crippen MR) is 105 cm³/mol. The van der Waals surface area contributed by atoms with Gasteiger partial charge in [-0.25, -0.2) is 0 Å². The van der Waals surface area contributed by atoms with Crippen LogP contribution in [0.15, 0.2) is 24.3 Å². The van der Waals surface area contributed by atoms with Gasteiger partial charge in [0.2, 0.25) is 5.91 Å². The summed E-state index contributed by atoms with van der Waals surface area (Å²) < 4.78 is 11.3. The van der Waals surface area contributed by atoms with Gasteiger partial charge in [-0.2, -0.15) is 0 Å². The molecule has 2 fully saturated rings. The Bertz CT molecular complexity index is 696. The maximum Gasteiger partial charge on any atom is 0.252 e. The molecule has 0 bridgehead atoms. The normalized spacial score (nSPS) is 24.2. The van der Waals surface area contributed by atoms with Crippen LogP contribution in [0.1, 0.15) is 36.8 Å². The number of hydrogen-bond acceptors (Lipinski definition) is 4. The van der Waals surface area contributed by atoms with Crippen molar-refractivity contribution in [3.8, 4) is 0 Å². The molecule has 0 radical (unpaired) electrons. The monoisotopic (exact) mass is 386 g/mol. The van der Waals surface area contributed by atoms with Crippen LogP contribution in [0.5, 0.6) is 0 Å². The zero-order chi connectivity index (χ0) is 19.6. The van der Waals surface area contributed by atoms with Crippen LogP contribution in [-0.4, -0.2) is 61.8 Å². The zero-order valence-corrected chi connectivity index (χ0v) is 16.6. The molecular weight excluding hydrogens is 356 g/mol. The summed E-state index contributed by atoms with van der Waals surface area (Å²) in [4.78, 5) is 27.7. The van der Waals surface area contributed by atoms with E-state index in [1.54, 1.807) is 7.11 Å². The number of amides is 2. The summed E-state index contributed by atoms with van der Waals surface area (Å²) in [5, 5.41) is 3.00. The van der Waals surface area contributed by atoms with E-state index in [0.29, 0.717) is 32.5 Å². The molecule has 3 aliphatic rings. The van der Waals surface area contributed by atoms with E-state index in [4.69, 9.17) is 9.47 Å². The van der Waals surface area contributed by atoms with Gasteiger partial charge in [0.05, 0.1) is 6.10 Å². The molecule has 6 heteroatoms. The van der Waals surface area contributed by atoms with Gasteiger partial charge in [-0.3, -0.25) is 9.59 Å². The van der Waals surface area contributed by atoms with Gasteiger partial charge in [0, 0.05) is 52.1 Å². The Kier molecular flexibility index (Phi) is 5.69. The van der Waals surface area contributed by atoms with Gasteiger partial charge in [0.25, 0.3) is 5.91 Å². The van der Waals surface area contributed by atoms with E-state index in [0.717, 1.165) is 32.3 Å². The highest BCUT2D eigenvalue weighted by atomic mass is 16.5. The summed E-state index contributed by atoms with van der Waals surface area (Å²) in [5.41, 5.74) is 1.74. The average Bonchev–Trinajstić information content (AvgIpc) is 3.41. The Balaban J connectivity index is 1.31. The number of ether oxygens (including phenoxy) is 2. The van der Waals surface area contributed by atoms with Crippen LogP contribution >= 0.6 is 0 Å². The zero-order valence-electron chi connectivity index (χ0n) is 16.6. The van der Waals surface area contributed by atoms with Gasteiger partial charge in [-0.05, 0) is 36.8 Å². The number of piperidine rings is 1. The maximum atomic E-state index is 13.0. The number of hydrogen-bond donors (Lipinski definition) is 1. The van der Waals surface area contributed by atoms with E-state index < -0.39 is 5.60 Å². The predicted octanol–water partition coefficient (Wildman–Crippen LogP) is 1.70. The molecule has 1 unspecified atom stereocenters. The van der Waals surface area contributed by atoms with E-state index in [2.05, 4.69) is 17.4 Å². The average molecular weight is 386 g/mol. The van der Waals surface area contributed by atoms with Gasteiger partial charge in [-0.1, -0.05) is 24.3 Å². The van der Waals surface area contributed by atoms with Crippen molar-refractivity contribution >= 4 is 11.8 Å². The molecule has 2 amide bonds. The second-order valence-corrected chi connectivity index (χ2v) is 8.24. The van der Waals surface area contributed by atoms with Crippen LogP contribution in [0.2, 0.25) is 0 Å². The standard InChI is InChI=1S/C22H30N2O4/c1-27-22(21(26)23-15-19-7-4-12-28-19)8-10-24(11-9-22)20(25)18-13-16-5-2-3-6-17(16)14-18/h2-3,5-6,18-19H,4,7-15H2,1H3,(H,23,26).